The molecule has 16 heavy (non-hydrogen) atoms. The normalized spacial score (nSPS) is 11.9. The Labute approximate surface area is 95.8 Å². The van der Waals surface area contributed by atoms with Crippen LogP contribution in [0.2, 0.25) is 0 Å². The summed E-state index contributed by atoms with van der Waals surface area (Å²) in [6.45, 7) is 4.17. The van der Waals surface area contributed by atoms with Gasteiger partial charge in [0.05, 0.1) is 24.0 Å². The molecule has 1 aromatic carbocycles. The first-order chi connectivity index (χ1) is 7.58. The molecular formula is C12H18N2O2. The van der Waals surface area contributed by atoms with Crippen molar-refractivity contribution in [2.75, 3.05) is 18.2 Å². The van der Waals surface area contributed by atoms with Crippen molar-refractivity contribution < 1.29 is 9.53 Å². The summed E-state index contributed by atoms with van der Waals surface area (Å²) in [6.07, 6.45) is 1.01. The maximum absolute atomic E-state index is 11.3. The number of carbonyl (C=O) groups excluding carboxylic acids is 1. The number of nitrogens with two attached hydrogens (primary N) is 1. The first kappa shape index (κ1) is 12.4. The number of nitrogen functional groups attached to an aromatic ring is 1. The number of methoxy groups -OCH3 is 1. The highest BCUT2D eigenvalue weighted by Crippen LogP contribution is 2.21. The van der Waals surface area contributed by atoms with E-state index in [0.717, 1.165) is 12.1 Å². The van der Waals surface area contributed by atoms with E-state index in [1.165, 1.54) is 7.11 Å². The molecule has 3 N–H and O–H groups in total. The number of hydrogen-bond acceptors (Lipinski definition) is 4. The van der Waals surface area contributed by atoms with E-state index in [4.69, 9.17) is 5.73 Å². The summed E-state index contributed by atoms with van der Waals surface area (Å²) in [5, 5.41) is 3.27. The van der Waals surface area contributed by atoms with Gasteiger partial charge in [-0.3, -0.25) is 0 Å². The van der Waals surface area contributed by atoms with Crippen LogP contribution in [0.25, 0.3) is 0 Å². The molecule has 0 aromatic heterocycles. The standard InChI is InChI=1S/C12H18N2O2/c1-4-8(2)14-11-6-5-9(7-10(11)13)12(15)16-3/h5-8,14H,4,13H2,1-3H3/t8-/m1/s1. The molecule has 88 valence electrons. The third kappa shape index (κ3) is 2.89. The average molecular weight is 222 g/mol. The van der Waals surface area contributed by atoms with E-state index in [0.29, 0.717) is 17.3 Å². The van der Waals surface area contributed by atoms with E-state index in [2.05, 4.69) is 23.9 Å². The largest absolute Gasteiger partial charge is 0.465 e. The molecule has 0 aliphatic heterocycles. The molecule has 0 aliphatic rings. The van der Waals surface area contributed by atoms with Gasteiger partial charge in [0.2, 0.25) is 0 Å². The van der Waals surface area contributed by atoms with Crippen molar-refractivity contribution in [2.24, 2.45) is 0 Å². The Kier molecular flexibility index (Phi) is 4.17. The topological polar surface area (TPSA) is 64.3 Å². The highest BCUT2D eigenvalue weighted by molar-refractivity contribution is 5.91. The van der Waals surface area contributed by atoms with Crippen LogP contribution in [-0.4, -0.2) is 19.1 Å². The summed E-state index contributed by atoms with van der Waals surface area (Å²) in [7, 11) is 1.35. The average Bonchev–Trinajstić information content (AvgIpc) is 2.30. The van der Waals surface area contributed by atoms with Gasteiger partial charge in [-0.1, -0.05) is 6.92 Å². The van der Waals surface area contributed by atoms with Gasteiger partial charge in [-0.2, -0.15) is 0 Å². The molecule has 4 nitrogen and oxygen atoms in total. The lowest BCUT2D eigenvalue weighted by Gasteiger charge is -2.15. The summed E-state index contributed by atoms with van der Waals surface area (Å²) in [5.41, 5.74) is 7.72. The van der Waals surface area contributed by atoms with Crippen molar-refractivity contribution in [3.05, 3.63) is 23.8 Å². The quantitative estimate of drug-likeness (QED) is 0.606. The molecule has 1 aromatic rings. The Morgan fingerprint density at radius 2 is 2.25 bits per heavy atom. The number of hydrogen-bond donors (Lipinski definition) is 2. The molecule has 0 heterocycles. The number of anilines is 2. The zero-order valence-corrected chi connectivity index (χ0v) is 9.91. The fourth-order valence-electron chi connectivity index (χ4n) is 1.31. The zero-order valence-electron chi connectivity index (χ0n) is 9.91. The molecule has 0 aliphatic carbocycles. The van der Waals surface area contributed by atoms with Crippen LogP contribution in [0.5, 0.6) is 0 Å². The molecule has 0 bridgehead atoms. The minimum Gasteiger partial charge on any atom is -0.465 e. The van der Waals surface area contributed by atoms with E-state index >= 15 is 0 Å². The highest BCUT2D eigenvalue weighted by atomic mass is 16.5. The van der Waals surface area contributed by atoms with Crippen molar-refractivity contribution in [3.8, 4) is 0 Å². The van der Waals surface area contributed by atoms with Crippen LogP contribution in [0.4, 0.5) is 11.4 Å². The van der Waals surface area contributed by atoms with Gasteiger partial charge >= 0.3 is 5.97 Å². The van der Waals surface area contributed by atoms with Crippen molar-refractivity contribution in [3.63, 3.8) is 0 Å². The molecule has 1 atom stereocenters. The van der Waals surface area contributed by atoms with Crippen molar-refractivity contribution in [1.29, 1.82) is 0 Å². The molecule has 0 fully saturated rings. The van der Waals surface area contributed by atoms with E-state index in [-0.39, 0.29) is 5.97 Å². The maximum Gasteiger partial charge on any atom is 0.337 e. The van der Waals surface area contributed by atoms with Gasteiger partial charge in [0.1, 0.15) is 0 Å². The Morgan fingerprint density at radius 3 is 2.75 bits per heavy atom. The summed E-state index contributed by atoms with van der Waals surface area (Å²) < 4.78 is 4.62. The second-order valence-electron chi connectivity index (χ2n) is 3.75. The van der Waals surface area contributed by atoms with Gasteiger partial charge in [-0.05, 0) is 31.5 Å². The number of benzene rings is 1. The third-order valence-electron chi connectivity index (χ3n) is 2.49. The number of ether oxygens (including phenoxy) is 1. The molecule has 0 saturated heterocycles. The van der Waals surface area contributed by atoms with Crippen LogP contribution >= 0.6 is 0 Å². The van der Waals surface area contributed by atoms with Crippen molar-refractivity contribution in [1.82, 2.24) is 0 Å². The Morgan fingerprint density at radius 1 is 1.56 bits per heavy atom. The molecule has 0 saturated carbocycles. The smallest absolute Gasteiger partial charge is 0.337 e. The lowest BCUT2D eigenvalue weighted by molar-refractivity contribution is 0.0601. The van der Waals surface area contributed by atoms with Gasteiger partial charge in [0.15, 0.2) is 0 Å². The summed E-state index contributed by atoms with van der Waals surface area (Å²) in [4.78, 5) is 11.3. The van der Waals surface area contributed by atoms with E-state index in [1.807, 2.05) is 0 Å². The fourth-order valence-corrected chi connectivity index (χ4v) is 1.31. The maximum atomic E-state index is 11.3. The molecule has 0 spiro atoms. The van der Waals surface area contributed by atoms with Crippen LogP contribution in [0.1, 0.15) is 30.6 Å². The van der Waals surface area contributed by atoms with Crippen LogP contribution < -0.4 is 11.1 Å². The molecule has 4 heteroatoms. The van der Waals surface area contributed by atoms with Gasteiger partial charge in [-0.15, -0.1) is 0 Å². The lowest BCUT2D eigenvalue weighted by atomic mass is 10.1. The SMILES string of the molecule is CC[C@@H](C)Nc1ccc(C(=O)OC)cc1N. The van der Waals surface area contributed by atoms with Gasteiger partial charge in [0, 0.05) is 6.04 Å². The first-order valence-electron chi connectivity index (χ1n) is 5.32. The van der Waals surface area contributed by atoms with Gasteiger partial charge < -0.3 is 15.8 Å². The Balaban J connectivity index is 2.87. The number of esters is 1. The Bertz CT molecular complexity index is 377. The molecule has 0 radical (unpaired) electrons. The van der Waals surface area contributed by atoms with Crippen molar-refractivity contribution >= 4 is 17.3 Å². The Hall–Kier alpha value is -1.71. The predicted molar refractivity (Wildman–Crippen MR) is 65.6 cm³/mol. The monoisotopic (exact) mass is 222 g/mol. The van der Waals surface area contributed by atoms with Crippen LogP contribution in [0, 0.1) is 0 Å². The van der Waals surface area contributed by atoms with Crippen LogP contribution in [0.15, 0.2) is 18.2 Å². The van der Waals surface area contributed by atoms with E-state index in [9.17, 15) is 4.79 Å². The minimum absolute atomic E-state index is 0.353. The second-order valence-corrected chi connectivity index (χ2v) is 3.75. The summed E-state index contributed by atoms with van der Waals surface area (Å²) >= 11 is 0. The van der Waals surface area contributed by atoms with E-state index in [1.54, 1.807) is 18.2 Å². The zero-order chi connectivity index (χ0) is 12.1. The molecule has 0 amide bonds. The molecule has 0 unspecified atom stereocenters. The summed E-state index contributed by atoms with van der Waals surface area (Å²) in [6, 6.07) is 5.48. The van der Waals surface area contributed by atoms with Gasteiger partial charge in [0.25, 0.3) is 0 Å². The number of rotatable bonds is 4. The van der Waals surface area contributed by atoms with Gasteiger partial charge in [-0.25, -0.2) is 4.79 Å². The molecular weight excluding hydrogens is 204 g/mol. The number of nitrogens with one attached hydrogen (secondary N) is 1. The fraction of sp³-hybridized carbons (Fsp3) is 0.417. The predicted octanol–water partition coefficient (Wildman–Crippen LogP) is 2.27. The van der Waals surface area contributed by atoms with Crippen molar-refractivity contribution in [2.45, 2.75) is 26.3 Å². The lowest BCUT2D eigenvalue weighted by Crippen LogP contribution is -2.15. The number of carbonyl (C=O) groups is 1. The summed E-state index contributed by atoms with van der Waals surface area (Å²) in [5.74, 6) is -0.373. The first-order valence-corrected chi connectivity index (χ1v) is 5.32. The molecule has 1 rings (SSSR count). The van der Waals surface area contributed by atoms with E-state index < -0.39 is 0 Å². The minimum atomic E-state index is -0.373. The van der Waals surface area contributed by atoms with Crippen LogP contribution in [0.3, 0.4) is 0 Å². The highest BCUT2D eigenvalue weighted by Gasteiger charge is 2.08. The third-order valence-corrected chi connectivity index (χ3v) is 2.49. The second kappa shape index (κ2) is 5.39. The van der Waals surface area contributed by atoms with Crippen LogP contribution in [-0.2, 0) is 4.74 Å².